The van der Waals surface area contributed by atoms with Crippen molar-refractivity contribution in [3.05, 3.63) is 22.6 Å². The quantitative estimate of drug-likeness (QED) is 0.890. The van der Waals surface area contributed by atoms with Crippen molar-refractivity contribution in [3.8, 4) is 0 Å². The van der Waals surface area contributed by atoms with Crippen LogP contribution in [0.5, 0.6) is 0 Å². The number of halogens is 1. The highest BCUT2D eigenvalue weighted by Gasteiger charge is 2.17. The number of rotatable bonds is 3. The average Bonchev–Trinajstić information content (AvgIpc) is 2.63. The number of carbonyl (C=O) groups excluding carboxylic acids is 2. The smallest absolute Gasteiger partial charge is 0.289 e. The molecule has 0 saturated heterocycles. The van der Waals surface area contributed by atoms with Crippen molar-refractivity contribution in [3.63, 3.8) is 0 Å². The predicted octanol–water partition coefficient (Wildman–Crippen LogP) is 0.860. The monoisotopic (exact) mass is 274 g/mol. The molecule has 2 amide bonds. The minimum absolute atomic E-state index is 0.00759. The molecule has 0 aromatic carbocycles. The van der Waals surface area contributed by atoms with E-state index in [1.165, 1.54) is 19.0 Å². The molecular formula is C9H11BrN2O3. The van der Waals surface area contributed by atoms with Gasteiger partial charge in [0, 0.05) is 14.1 Å². The van der Waals surface area contributed by atoms with Gasteiger partial charge in [0.05, 0.1) is 6.54 Å². The van der Waals surface area contributed by atoms with Crippen LogP contribution in [0.25, 0.3) is 0 Å². The van der Waals surface area contributed by atoms with Crippen molar-refractivity contribution in [2.75, 3.05) is 20.6 Å². The molecule has 0 radical (unpaired) electrons. The van der Waals surface area contributed by atoms with Crippen molar-refractivity contribution in [1.82, 2.24) is 10.2 Å². The Balaban J connectivity index is 2.64. The molecule has 82 valence electrons. The third-order valence-electron chi connectivity index (χ3n) is 1.79. The van der Waals surface area contributed by atoms with E-state index in [0.29, 0.717) is 4.67 Å². The second-order valence-corrected chi connectivity index (χ2v) is 3.72. The van der Waals surface area contributed by atoms with E-state index in [-0.39, 0.29) is 24.1 Å². The van der Waals surface area contributed by atoms with E-state index in [1.54, 1.807) is 12.1 Å². The summed E-state index contributed by atoms with van der Waals surface area (Å²) in [6.45, 7) is 0.00759. The van der Waals surface area contributed by atoms with Crippen LogP contribution in [0.2, 0.25) is 0 Å². The first-order chi connectivity index (χ1) is 7.04. The zero-order valence-corrected chi connectivity index (χ0v) is 10.00. The lowest BCUT2D eigenvalue weighted by Gasteiger charge is -2.13. The van der Waals surface area contributed by atoms with E-state index in [2.05, 4.69) is 21.2 Å². The molecule has 15 heavy (non-hydrogen) atoms. The Bertz CT molecular complexity index is 375. The molecule has 0 aliphatic rings. The number of amides is 2. The van der Waals surface area contributed by atoms with Crippen molar-refractivity contribution in [2.24, 2.45) is 0 Å². The third kappa shape index (κ3) is 3.09. The SMILES string of the molecule is CNC(=O)CN(C)C(=O)c1ccc(Br)o1. The fraction of sp³-hybridized carbons (Fsp3) is 0.333. The van der Waals surface area contributed by atoms with Crippen LogP contribution in [-0.4, -0.2) is 37.4 Å². The van der Waals surface area contributed by atoms with Gasteiger partial charge in [0.15, 0.2) is 10.4 Å². The van der Waals surface area contributed by atoms with Crippen molar-refractivity contribution < 1.29 is 14.0 Å². The maximum atomic E-state index is 11.6. The van der Waals surface area contributed by atoms with Gasteiger partial charge in [-0.15, -0.1) is 0 Å². The number of carbonyl (C=O) groups is 2. The van der Waals surface area contributed by atoms with E-state index in [1.807, 2.05) is 0 Å². The number of nitrogens with one attached hydrogen (secondary N) is 1. The largest absolute Gasteiger partial charge is 0.444 e. The number of nitrogens with zero attached hydrogens (tertiary/aromatic N) is 1. The van der Waals surface area contributed by atoms with Crippen molar-refractivity contribution in [1.29, 1.82) is 0 Å². The topological polar surface area (TPSA) is 62.6 Å². The highest BCUT2D eigenvalue weighted by molar-refractivity contribution is 9.10. The highest BCUT2D eigenvalue weighted by Crippen LogP contribution is 2.15. The van der Waals surface area contributed by atoms with Crippen LogP contribution in [-0.2, 0) is 4.79 Å². The number of hydrogen-bond acceptors (Lipinski definition) is 3. The molecule has 0 saturated carbocycles. The summed E-state index contributed by atoms with van der Waals surface area (Å²) in [5, 5.41) is 2.43. The molecule has 0 aliphatic heterocycles. The molecule has 1 rings (SSSR count). The zero-order valence-electron chi connectivity index (χ0n) is 8.41. The van der Waals surface area contributed by atoms with E-state index in [9.17, 15) is 9.59 Å². The maximum absolute atomic E-state index is 11.6. The van der Waals surface area contributed by atoms with Gasteiger partial charge in [-0.05, 0) is 28.1 Å². The Hall–Kier alpha value is -1.30. The molecule has 5 nitrogen and oxygen atoms in total. The molecule has 0 atom stereocenters. The van der Waals surface area contributed by atoms with Gasteiger partial charge < -0.3 is 14.6 Å². The summed E-state index contributed by atoms with van der Waals surface area (Å²) in [6.07, 6.45) is 0. The summed E-state index contributed by atoms with van der Waals surface area (Å²) < 4.78 is 5.56. The summed E-state index contributed by atoms with van der Waals surface area (Å²) in [6, 6.07) is 3.17. The molecule has 0 aliphatic carbocycles. The van der Waals surface area contributed by atoms with Crippen LogP contribution in [0.3, 0.4) is 0 Å². The molecular weight excluding hydrogens is 264 g/mol. The minimum Gasteiger partial charge on any atom is -0.444 e. The third-order valence-corrected chi connectivity index (χ3v) is 2.22. The van der Waals surface area contributed by atoms with Gasteiger partial charge in [0.25, 0.3) is 5.91 Å². The minimum atomic E-state index is -0.329. The molecule has 6 heteroatoms. The van der Waals surface area contributed by atoms with Gasteiger partial charge >= 0.3 is 0 Å². The summed E-state index contributed by atoms with van der Waals surface area (Å²) in [5.74, 6) is -0.353. The number of likely N-dealkylation sites (N-methyl/N-ethyl adjacent to an activating group) is 2. The second kappa shape index (κ2) is 4.97. The van der Waals surface area contributed by atoms with Crippen molar-refractivity contribution in [2.45, 2.75) is 0 Å². The lowest BCUT2D eigenvalue weighted by Crippen LogP contribution is -2.36. The molecule has 1 heterocycles. The van der Waals surface area contributed by atoms with E-state index in [0.717, 1.165) is 0 Å². The Morgan fingerprint density at radius 2 is 2.20 bits per heavy atom. The van der Waals surface area contributed by atoms with Gasteiger partial charge in [0.2, 0.25) is 5.91 Å². The summed E-state index contributed by atoms with van der Waals surface area (Å²) in [5.41, 5.74) is 0. The lowest BCUT2D eigenvalue weighted by molar-refractivity contribution is -0.121. The standard InChI is InChI=1S/C9H11BrN2O3/c1-11-8(13)5-12(2)9(14)6-3-4-7(10)15-6/h3-4H,5H2,1-2H3,(H,11,13). The normalized spacial score (nSPS) is 9.80. The summed E-state index contributed by atoms with van der Waals surface area (Å²) >= 11 is 3.10. The van der Waals surface area contributed by atoms with Crippen LogP contribution in [0.4, 0.5) is 0 Å². The first-order valence-corrected chi connectivity index (χ1v) is 5.05. The Morgan fingerprint density at radius 3 is 2.67 bits per heavy atom. The molecule has 0 spiro atoms. The first-order valence-electron chi connectivity index (χ1n) is 4.26. The average molecular weight is 275 g/mol. The first kappa shape index (κ1) is 11.8. The Kier molecular flexibility index (Phi) is 3.90. The molecule has 0 fully saturated rings. The van der Waals surface area contributed by atoms with Gasteiger partial charge in [-0.1, -0.05) is 0 Å². The van der Waals surface area contributed by atoms with Crippen LogP contribution in [0.1, 0.15) is 10.6 Å². The molecule has 0 bridgehead atoms. The van der Waals surface area contributed by atoms with Gasteiger partial charge in [0.1, 0.15) is 0 Å². The second-order valence-electron chi connectivity index (χ2n) is 2.94. The van der Waals surface area contributed by atoms with E-state index in [4.69, 9.17) is 4.42 Å². The number of furan rings is 1. The zero-order chi connectivity index (χ0) is 11.4. The fourth-order valence-electron chi connectivity index (χ4n) is 0.984. The predicted molar refractivity (Wildman–Crippen MR) is 57.4 cm³/mol. The Morgan fingerprint density at radius 1 is 1.53 bits per heavy atom. The van der Waals surface area contributed by atoms with Crippen LogP contribution < -0.4 is 5.32 Å². The van der Waals surface area contributed by atoms with Crippen LogP contribution >= 0.6 is 15.9 Å². The van der Waals surface area contributed by atoms with Crippen LogP contribution in [0.15, 0.2) is 21.2 Å². The summed E-state index contributed by atoms with van der Waals surface area (Å²) in [4.78, 5) is 23.9. The maximum Gasteiger partial charge on any atom is 0.289 e. The molecule has 0 unspecified atom stereocenters. The van der Waals surface area contributed by atoms with Gasteiger partial charge in [-0.25, -0.2) is 0 Å². The summed E-state index contributed by atoms with van der Waals surface area (Å²) in [7, 11) is 3.05. The molecule has 1 aromatic heterocycles. The fourth-order valence-corrected chi connectivity index (χ4v) is 1.29. The molecule has 1 aromatic rings. The van der Waals surface area contributed by atoms with Gasteiger partial charge in [-0.3, -0.25) is 9.59 Å². The lowest BCUT2D eigenvalue weighted by atomic mass is 10.4. The Labute approximate surface area is 95.6 Å². The van der Waals surface area contributed by atoms with Crippen molar-refractivity contribution >= 4 is 27.7 Å². The van der Waals surface area contributed by atoms with Gasteiger partial charge in [-0.2, -0.15) is 0 Å². The molecule has 1 N–H and O–H groups in total. The highest BCUT2D eigenvalue weighted by atomic mass is 79.9. The van der Waals surface area contributed by atoms with E-state index >= 15 is 0 Å². The number of hydrogen-bond donors (Lipinski definition) is 1. The van der Waals surface area contributed by atoms with Crippen LogP contribution in [0, 0.1) is 0 Å². The van der Waals surface area contributed by atoms with E-state index < -0.39 is 0 Å².